The molecule has 6 rings (SSSR count). The van der Waals surface area contributed by atoms with Crippen LogP contribution in [0.2, 0.25) is 0 Å². The van der Waals surface area contributed by atoms with Gasteiger partial charge < -0.3 is 20.1 Å². The zero-order chi connectivity index (χ0) is 25.2. The number of carbonyl (C=O) groups is 1. The van der Waals surface area contributed by atoms with E-state index in [2.05, 4.69) is 15.1 Å². The number of hydrogen-bond donors (Lipinski definition) is 1. The number of ether oxygens (including phenoxy) is 2. The molecule has 1 atom stereocenters. The highest BCUT2D eigenvalue weighted by Crippen LogP contribution is 2.39. The molecule has 9 nitrogen and oxygen atoms in total. The molecule has 184 valence electrons. The van der Waals surface area contributed by atoms with Gasteiger partial charge in [-0.25, -0.2) is 9.97 Å². The number of benzene rings is 1. The molecule has 0 bridgehead atoms. The molecule has 36 heavy (non-hydrogen) atoms. The molecule has 1 amide bonds. The molecule has 0 fully saturated rings. The quantitative estimate of drug-likeness (QED) is 0.460. The minimum Gasteiger partial charge on any atom is -0.491 e. The van der Waals surface area contributed by atoms with Crippen LogP contribution in [-0.2, 0) is 24.3 Å². The third kappa shape index (κ3) is 3.52. The lowest BCUT2D eigenvalue weighted by Crippen LogP contribution is -2.32. The Morgan fingerprint density at radius 1 is 1.17 bits per heavy atom. The van der Waals surface area contributed by atoms with Gasteiger partial charge >= 0.3 is 6.30 Å². The van der Waals surface area contributed by atoms with Crippen molar-refractivity contribution in [2.24, 2.45) is 0 Å². The molecule has 0 aliphatic carbocycles. The molecule has 1 aromatic carbocycles. The molecule has 0 unspecified atom stereocenters. The van der Waals surface area contributed by atoms with Gasteiger partial charge in [0.25, 0.3) is 5.91 Å². The van der Waals surface area contributed by atoms with Crippen LogP contribution < -0.4 is 10.5 Å². The van der Waals surface area contributed by atoms with Gasteiger partial charge in [-0.05, 0) is 23.3 Å². The molecule has 4 aromatic rings. The number of aromatic nitrogens is 4. The molecule has 0 spiro atoms. The van der Waals surface area contributed by atoms with Gasteiger partial charge in [-0.3, -0.25) is 4.79 Å². The Balaban J connectivity index is 1.27. The molecule has 3 aromatic heterocycles. The second kappa shape index (κ2) is 7.92. The van der Waals surface area contributed by atoms with Crippen LogP contribution in [0.25, 0.3) is 22.0 Å². The van der Waals surface area contributed by atoms with Gasteiger partial charge in [0.05, 0.1) is 37.2 Å². The summed E-state index contributed by atoms with van der Waals surface area (Å²) in [6.07, 6.45) is -1.00. The Morgan fingerprint density at radius 2 is 1.97 bits per heavy atom. The lowest BCUT2D eigenvalue weighted by atomic mass is 10.0. The number of pyridine rings is 2. The summed E-state index contributed by atoms with van der Waals surface area (Å²) in [5.41, 5.74) is 10.2. The topological polar surface area (TPSA) is 108 Å². The SMILES string of the molecule is CN(C(=O)c1cc2c3c(c(N)nc2cn1)COC3)[C@@H]1COc2cc(-c3cnn(C(F)(F)F)c3)ccc21. The largest absolute Gasteiger partial charge is 0.504 e. The van der Waals surface area contributed by atoms with Crippen LogP contribution in [0.5, 0.6) is 5.75 Å². The summed E-state index contributed by atoms with van der Waals surface area (Å²) < 4.78 is 49.9. The summed E-state index contributed by atoms with van der Waals surface area (Å²) in [5, 5.41) is 4.15. The molecule has 0 radical (unpaired) electrons. The Morgan fingerprint density at radius 3 is 2.75 bits per heavy atom. The number of fused-ring (bicyclic) bond motifs is 4. The van der Waals surface area contributed by atoms with Gasteiger partial charge in [-0.15, -0.1) is 13.2 Å². The Kier molecular flexibility index (Phi) is 4.90. The van der Waals surface area contributed by atoms with Crippen LogP contribution in [0.1, 0.15) is 33.2 Å². The van der Waals surface area contributed by atoms with Crippen LogP contribution in [0.15, 0.2) is 42.9 Å². The van der Waals surface area contributed by atoms with E-state index in [0.29, 0.717) is 41.4 Å². The van der Waals surface area contributed by atoms with E-state index in [1.54, 1.807) is 36.2 Å². The highest BCUT2D eigenvalue weighted by molar-refractivity contribution is 5.97. The van der Waals surface area contributed by atoms with Gasteiger partial charge in [0.15, 0.2) is 0 Å². The van der Waals surface area contributed by atoms with Gasteiger partial charge in [0.2, 0.25) is 0 Å². The maximum Gasteiger partial charge on any atom is 0.504 e. The fourth-order valence-corrected chi connectivity index (χ4v) is 4.62. The van der Waals surface area contributed by atoms with E-state index in [1.807, 2.05) is 0 Å². The third-order valence-electron chi connectivity index (χ3n) is 6.57. The van der Waals surface area contributed by atoms with Crippen molar-refractivity contribution in [1.29, 1.82) is 0 Å². The fraction of sp³-hybridized carbons (Fsp3) is 0.250. The van der Waals surface area contributed by atoms with E-state index in [9.17, 15) is 18.0 Å². The standard InChI is InChI=1S/C24H19F3N6O3/c1-32(23(34)18-5-15-16-9-35-10-17(16)22(28)31-19(15)7-29-18)20-11-36-21-4-12(2-3-14(20)21)13-6-30-33(8-13)24(25,26)27/h2-8,20H,9-11H2,1H3,(H2,28,31)/t20-/m1/s1. The summed E-state index contributed by atoms with van der Waals surface area (Å²) in [7, 11) is 1.66. The zero-order valence-electron chi connectivity index (χ0n) is 18.9. The molecule has 0 saturated carbocycles. The number of anilines is 1. The number of halogens is 3. The maximum absolute atomic E-state index is 13.4. The average molecular weight is 496 g/mol. The molecule has 2 aliphatic rings. The van der Waals surface area contributed by atoms with Crippen LogP contribution in [0.3, 0.4) is 0 Å². The lowest BCUT2D eigenvalue weighted by molar-refractivity contribution is -0.212. The summed E-state index contributed by atoms with van der Waals surface area (Å²) in [6, 6.07) is 6.40. The lowest BCUT2D eigenvalue weighted by Gasteiger charge is -2.23. The van der Waals surface area contributed by atoms with Crippen LogP contribution in [0, 0.1) is 0 Å². The van der Waals surface area contributed by atoms with Crippen molar-refractivity contribution in [2.45, 2.75) is 25.6 Å². The fourth-order valence-electron chi connectivity index (χ4n) is 4.62. The number of alkyl halides is 3. The highest BCUT2D eigenvalue weighted by Gasteiger charge is 2.34. The zero-order valence-corrected chi connectivity index (χ0v) is 18.9. The van der Waals surface area contributed by atoms with Gasteiger partial charge in [-0.1, -0.05) is 12.1 Å². The molecule has 5 heterocycles. The molecule has 2 N–H and O–H groups in total. The van der Waals surface area contributed by atoms with E-state index in [-0.39, 0.29) is 22.9 Å². The predicted octanol–water partition coefficient (Wildman–Crippen LogP) is 3.79. The second-order valence-corrected chi connectivity index (χ2v) is 8.67. The van der Waals surface area contributed by atoms with E-state index >= 15 is 0 Å². The third-order valence-corrected chi connectivity index (χ3v) is 6.57. The minimum absolute atomic E-state index is 0.0480. The summed E-state index contributed by atoms with van der Waals surface area (Å²) in [5.74, 6) is 0.592. The number of carbonyl (C=O) groups excluding carboxylic acids is 1. The molecule has 0 saturated heterocycles. The van der Waals surface area contributed by atoms with Crippen molar-refractivity contribution in [3.63, 3.8) is 0 Å². The van der Waals surface area contributed by atoms with Gasteiger partial charge in [-0.2, -0.15) is 9.78 Å². The van der Waals surface area contributed by atoms with Crippen molar-refractivity contribution in [3.8, 4) is 16.9 Å². The Labute approximate surface area is 202 Å². The van der Waals surface area contributed by atoms with Crippen LogP contribution >= 0.6 is 0 Å². The first-order valence-corrected chi connectivity index (χ1v) is 11.0. The molecule has 12 heteroatoms. The minimum atomic E-state index is -4.59. The van der Waals surface area contributed by atoms with Crippen molar-refractivity contribution >= 4 is 22.6 Å². The smallest absolute Gasteiger partial charge is 0.491 e. The molecule has 2 aliphatic heterocycles. The number of nitrogens with zero attached hydrogens (tertiary/aromatic N) is 5. The average Bonchev–Trinajstić information content (AvgIpc) is 3.62. The van der Waals surface area contributed by atoms with Crippen molar-refractivity contribution in [3.05, 3.63) is 65.2 Å². The first kappa shape index (κ1) is 22.3. The Hall–Kier alpha value is -4.19. The van der Waals surface area contributed by atoms with Crippen LogP contribution in [-0.4, -0.2) is 44.2 Å². The first-order chi connectivity index (χ1) is 17.2. The van der Waals surface area contributed by atoms with E-state index in [0.717, 1.165) is 34.5 Å². The summed E-state index contributed by atoms with van der Waals surface area (Å²) in [6.45, 7) is 0.975. The number of likely N-dealkylation sites (N-methyl/N-ethyl adjacent to an activating group) is 1. The summed E-state index contributed by atoms with van der Waals surface area (Å²) >= 11 is 0. The predicted molar refractivity (Wildman–Crippen MR) is 122 cm³/mol. The summed E-state index contributed by atoms with van der Waals surface area (Å²) in [4.78, 5) is 23.6. The van der Waals surface area contributed by atoms with E-state index in [4.69, 9.17) is 15.2 Å². The number of hydrogen-bond acceptors (Lipinski definition) is 7. The van der Waals surface area contributed by atoms with Crippen molar-refractivity contribution < 1.29 is 27.4 Å². The Bertz CT molecular complexity index is 1530. The van der Waals surface area contributed by atoms with Crippen LogP contribution in [0.4, 0.5) is 19.0 Å². The highest BCUT2D eigenvalue weighted by atomic mass is 19.4. The van der Waals surface area contributed by atoms with Gasteiger partial charge in [0.1, 0.15) is 23.9 Å². The second-order valence-electron chi connectivity index (χ2n) is 8.67. The van der Waals surface area contributed by atoms with Crippen molar-refractivity contribution in [1.82, 2.24) is 24.6 Å². The maximum atomic E-state index is 13.4. The molecular weight excluding hydrogens is 477 g/mol. The molecular formula is C24H19F3N6O3. The van der Waals surface area contributed by atoms with Crippen molar-refractivity contribution in [2.75, 3.05) is 19.4 Å². The number of nitrogen functional groups attached to an aromatic ring is 1. The first-order valence-electron chi connectivity index (χ1n) is 11.0. The normalized spacial score (nSPS) is 16.6. The monoisotopic (exact) mass is 496 g/mol. The number of amides is 1. The number of nitrogens with two attached hydrogens (primary N) is 1. The number of rotatable bonds is 3. The van der Waals surface area contributed by atoms with Gasteiger partial charge in [0, 0.05) is 35.3 Å². The van der Waals surface area contributed by atoms with E-state index < -0.39 is 12.3 Å². The van der Waals surface area contributed by atoms with E-state index in [1.165, 1.54) is 6.20 Å².